The number of nitrogens with zero attached hydrogens (tertiary/aromatic N) is 4. The lowest BCUT2D eigenvalue weighted by atomic mass is 10.0. The predicted octanol–water partition coefficient (Wildman–Crippen LogP) is 5.53. The summed E-state index contributed by atoms with van der Waals surface area (Å²) in [7, 11) is 1.34. The minimum Gasteiger partial charge on any atom is -0.469 e. The van der Waals surface area contributed by atoms with Crippen LogP contribution in [-0.4, -0.2) is 44.1 Å². The third kappa shape index (κ3) is 5.66. The first-order chi connectivity index (χ1) is 19.8. The van der Waals surface area contributed by atoms with Crippen molar-refractivity contribution >= 4 is 51.5 Å². The van der Waals surface area contributed by atoms with Gasteiger partial charge < -0.3 is 14.6 Å². The molecule has 0 aliphatic rings. The number of aromatic nitrogens is 4. The molecule has 2 aromatic carbocycles. The van der Waals surface area contributed by atoms with Gasteiger partial charge in [0.2, 0.25) is 0 Å². The fourth-order valence-corrected chi connectivity index (χ4v) is 6.09. The number of benzene rings is 2. The van der Waals surface area contributed by atoms with Gasteiger partial charge in [-0.15, -0.1) is 21.5 Å². The molecule has 0 saturated heterocycles. The first kappa shape index (κ1) is 28.3. The van der Waals surface area contributed by atoms with Crippen molar-refractivity contribution in [1.29, 1.82) is 0 Å². The Hall–Kier alpha value is -4.28. The summed E-state index contributed by atoms with van der Waals surface area (Å²) < 4.78 is 8.41. The summed E-state index contributed by atoms with van der Waals surface area (Å²) in [5.74, 6) is 0.179. The second-order valence-corrected chi connectivity index (χ2v) is 10.9. The molecule has 0 atom stereocenters. The standard InChI is InChI=1S/C30H28ClN5O4S/c1-4-20-16-22(28(38)21-10-6-7-11-23(21)31)30(41-20)36-18(2)33-34-26(36)17-32-29(39)25-15-19-9-5-8-12-24(19)35(25)14-13-27(37)40-3/h5-12,15-16H,4,13-14,17H2,1-3H3,(H,32,39). The molecule has 5 rings (SSSR count). The number of aryl methyl sites for hydroxylation is 3. The van der Waals surface area contributed by atoms with Crippen molar-refractivity contribution in [2.24, 2.45) is 0 Å². The number of hydrogen-bond donors (Lipinski definition) is 1. The average molecular weight is 590 g/mol. The van der Waals surface area contributed by atoms with Crippen LogP contribution in [0, 0.1) is 6.92 Å². The van der Waals surface area contributed by atoms with Crippen molar-refractivity contribution in [2.75, 3.05) is 7.11 Å². The Bertz CT molecular complexity index is 1770. The Morgan fingerprint density at radius 1 is 1.02 bits per heavy atom. The molecule has 210 valence electrons. The van der Waals surface area contributed by atoms with Crippen LogP contribution >= 0.6 is 22.9 Å². The number of para-hydroxylation sites is 1. The van der Waals surface area contributed by atoms with Gasteiger partial charge in [0.05, 0.1) is 30.7 Å². The summed E-state index contributed by atoms with van der Waals surface area (Å²) in [6.45, 7) is 4.19. The van der Waals surface area contributed by atoms with E-state index in [1.54, 1.807) is 41.8 Å². The quantitative estimate of drug-likeness (QED) is 0.169. The van der Waals surface area contributed by atoms with Crippen LogP contribution in [0.5, 0.6) is 0 Å². The SMILES string of the molecule is CCc1cc(C(=O)c2ccccc2Cl)c(-n2c(C)nnc2CNC(=O)c2cc3ccccc3n2CCC(=O)OC)s1. The van der Waals surface area contributed by atoms with E-state index in [9.17, 15) is 14.4 Å². The van der Waals surface area contributed by atoms with Crippen LogP contribution in [-0.2, 0) is 29.0 Å². The van der Waals surface area contributed by atoms with E-state index in [2.05, 4.69) is 15.5 Å². The first-order valence-electron chi connectivity index (χ1n) is 13.1. The van der Waals surface area contributed by atoms with Crippen LogP contribution < -0.4 is 5.32 Å². The molecule has 5 aromatic rings. The molecule has 0 saturated carbocycles. The highest BCUT2D eigenvalue weighted by atomic mass is 35.5. The number of ether oxygens (including phenoxy) is 1. The summed E-state index contributed by atoms with van der Waals surface area (Å²) >= 11 is 7.84. The molecule has 0 aliphatic heterocycles. The van der Waals surface area contributed by atoms with Gasteiger partial charge in [0.15, 0.2) is 11.6 Å². The number of amides is 1. The van der Waals surface area contributed by atoms with E-state index in [-0.39, 0.29) is 30.6 Å². The second kappa shape index (κ2) is 12.1. The number of esters is 1. The molecule has 0 aliphatic carbocycles. The normalized spacial score (nSPS) is 11.1. The number of ketones is 1. The van der Waals surface area contributed by atoms with Crippen molar-refractivity contribution in [3.05, 3.63) is 99.0 Å². The van der Waals surface area contributed by atoms with Crippen molar-refractivity contribution in [1.82, 2.24) is 24.6 Å². The molecule has 0 bridgehead atoms. The molecular formula is C30H28ClN5O4S. The number of carbonyl (C=O) groups is 3. The van der Waals surface area contributed by atoms with Gasteiger partial charge in [-0.2, -0.15) is 0 Å². The molecule has 11 heteroatoms. The van der Waals surface area contributed by atoms with Crippen molar-refractivity contribution in [3.8, 4) is 5.00 Å². The minimum atomic E-state index is -0.359. The molecular weight excluding hydrogens is 562 g/mol. The molecule has 1 N–H and O–H groups in total. The molecule has 0 fully saturated rings. The summed E-state index contributed by atoms with van der Waals surface area (Å²) in [5.41, 5.74) is 2.17. The Morgan fingerprint density at radius 2 is 1.78 bits per heavy atom. The largest absolute Gasteiger partial charge is 0.469 e. The zero-order valence-electron chi connectivity index (χ0n) is 22.8. The van der Waals surface area contributed by atoms with Crippen LogP contribution in [0.4, 0.5) is 0 Å². The highest BCUT2D eigenvalue weighted by Gasteiger charge is 2.24. The number of methoxy groups -OCH3 is 1. The van der Waals surface area contributed by atoms with E-state index in [1.165, 1.54) is 18.4 Å². The topological polar surface area (TPSA) is 108 Å². The summed E-state index contributed by atoms with van der Waals surface area (Å²) in [5, 5.41) is 13.5. The number of nitrogens with one attached hydrogen (secondary N) is 1. The van der Waals surface area contributed by atoms with E-state index in [1.807, 2.05) is 41.8 Å². The highest BCUT2D eigenvalue weighted by molar-refractivity contribution is 7.15. The maximum absolute atomic E-state index is 13.6. The van der Waals surface area contributed by atoms with E-state index < -0.39 is 0 Å². The van der Waals surface area contributed by atoms with Crippen LogP contribution in [0.2, 0.25) is 5.02 Å². The maximum atomic E-state index is 13.6. The highest BCUT2D eigenvalue weighted by Crippen LogP contribution is 2.32. The summed E-state index contributed by atoms with van der Waals surface area (Å²) in [6, 6.07) is 18.2. The van der Waals surface area contributed by atoms with Gasteiger partial charge in [-0.1, -0.05) is 48.9 Å². The fourth-order valence-electron chi connectivity index (χ4n) is 4.70. The predicted molar refractivity (Wildman–Crippen MR) is 158 cm³/mol. The molecule has 3 aromatic heterocycles. The zero-order valence-corrected chi connectivity index (χ0v) is 24.4. The second-order valence-electron chi connectivity index (χ2n) is 9.34. The molecule has 41 heavy (non-hydrogen) atoms. The van der Waals surface area contributed by atoms with Crippen molar-refractivity contribution in [3.63, 3.8) is 0 Å². The third-order valence-electron chi connectivity index (χ3n) is 6.79. The van der Waals surface area contributed by atoms with Crippen LogP contribution in [0.25, 0.3) is 15.9 Å². The molecule has 1 amide bonds. The smallest absolute Gasteiger partial charge is 0.307 e. The molecule has 3 heterocycles. The number of thiophene rings is 1. The van der Waals surface area contributed by atoms with Gasteiger partial charge >= 0.3 is 5.97 Å². The number of fused-ring (bicyclic) bond motifs is 1. The molecule has 0 spiro atoms. The van der Waals surface area contributed by atoms with Crippen LogP contribution in [0.1, 0.15) is 56.3 Å². The lowest BCUT2D eigenvalue weighted by Crippen LogP contribution is -2.27. The van der Waals surface area contributed by atoms with E-state index in [4.69, 9.17) is 16.3 Å². The third-order valence-corrected chi connectivity index (χ3v) is 8.38. The Labute approximate surface area is 245 Å². The number of rotatable bonds is 10. The lowest BCUT2D eigenvalue weighted by molar-refractivity contribution is -0.140. The average Bonchev–Trinajstić information content (AvgIpc) is 3.69. The summed E-state index contributed by atoms with van der Waals surface area (Å²) in [4.78, 5) is 39.9. The van der Waals surface area contributed by atoms with Gasteiger partial charge in [-0.3, -0.25) is 19.0 Å². The Morgan fingerprint density at radius 3 is 2.54 bits per heavy atom. The van der Waals surface area contributed by atoms with Crippen LogP contribution in [0.3, 0.4) is 0 Å². The molecule has 9 nitrogen and oxygen atoms in total. The Balaban J connectivity index is 1.45. The van der Waals surface area contributed by atoms with E-state index >= 15 is 0 Å². The fraction of sp³-hybridized carbons (Fsp3) is 0.233. The first-order valence-corrected chi connectivity index (χ1v) is 14.3. The van der Waals surface area contributed by atoms with E-state index in [0.717, 1.165) is 22.2 Å². The lowest BCUT2D eigenvalue weighted by Gasteiger charge is -2.12. The number of hydrogen-bond acceptors (Lipinski definition) is 7. The zero-order chi connectivity index (χ0) is 29.1. The van der Waals surface area contributed by atoms with Gasteiger partial charge in [-0.05, 0) is 43.7 Å². The van der Waals surface area contributed by atoms with Gasteiger partial charge in [0, 0.05) is 27.9 Å². The maximum Gasteiger partial charge on any atom is 0.307 e. The molecule has 0 unspecified atom stereocenters. The van der Waals surface area contributed by atoms with Gasteiger partial charge in [-0.25, -0.2) is 0 Å². The van der Waals surface area contributed by atoms with E-state index in [0.29, 0.717) is 45.0 Å². The van der Waals surface area contributed by atoms with Crippen molar-refractivity contribution in [2.45, 2.75) is 39.8 Å². The van der Waals surface area contributed by atoms with Gasteiger partial charge in [0.25, 0.3) is 5.91 Å². The monoisotopic (exact) mass is 589 g/mol. The van der Waals surface area contributed by atoms with Gasteiger partial charge in [0.1, 0.15) is 16.5 Å². The molecule has 0 radical (unpaired) electrons. The Kier molecular flexibility index (Phi) is 8.32. The minimum absolute atomic E-state index is 0.0667. The number of halogens is 1. The number of carbonyl (C=O) groups excluding carboxylic acids is 3. The van der Waals surface area contributed by atoms with Crippen LogP contribution in [0.15, 0.2) is 60.7 Å². The summed E-state index contributed by atoms with van der Waals surface area (Å²) in [6.07, 6.45) is 0.875. The van der Waals surface area contributed by atoms with Crippen molar-refractivity contribution < 1.29 is 19.1 Å².